The summed E-state index contributed by atoms with van der Waals surface area (Å²) in [5.74, 6) is -0.00890. The third kappa shape index (κ3) is 3.30. The van der Waals surface area contributed by atoms with Gasteiger partial charge in [-0.3, -0.25) is 0 Å². The summed E-state index contributed by atoms with van der Waals surface area (Å²) >= 11 is 6.06. The second-order valence-corrected chi connectivity index (χ2v) is 11.6. The van der Waals surface area contributed by atoms with Crippen molar-refractivity contribution in [2.75, 3.05) is 11.5 Å². The predicted molar refractivity (Wildman–Crippen MR) is 140 cm³/mol. The van der Waals surface area contributed by atoms with Crippen LogP contribution in [0.2, 0.25) is 5.02 Å². The Morgan fingerprint density at radius 1 is 1.11 bits per heavy atom. The van der Waals surface area contributed by atoms with E-state index in [0.29, 0.717) is 29.1 Å². The number of aryl methyl sites for hydroxylation is 2. The van der Waals surface area contributed by atoms with Gasteiger partial charge in [0.05, 0.1) is 28.1 Å². The molecule has 1 aliphatic heterocycles. The molecule has 1 aromatic carbocycles. The first-order valence-electron chi connectivity index (χ1n) is 12.6. The number of nitrogens with two attached hydrogens (primary N) is 2. The molecule has 37 heavy (non-hydrogen) atoms. The summed E-state index contributed by atoms with van der Waals surface area (Å²) < 4.78 is 30.3. The lowest BCUT2D eigenvalue weighted by Crippen LogP contribution is -2.32. The van der Waals surface area contributed by atoms with E-state index in [-0.39, 0.29) is 40.3 Å². The van der Waals surface area contributed by atoms with E-state index < -0.39 is 5.79 Å². The summed E-state index contributed by atoms with van der Waals surface area (Å²) in [5, 5.41) is 1.48. The van der Waals surface area contributed by atoms with Gasteiger partial charge in [0.25, 0.3) is 0 Å². The first kappa shape index (κ1) is 23.1. The highest BCUT2D eigenvalue weighted by molar-refractivity contribution is 6.33. The smallest absolute Gasteiger partial charge is 0.163 e. The van der Waals surface area contributed by atoms with E-state index in [1.165, 1.54) is 12.4 Å². The summed E-state index contributed by atoms with van der Waals surface area (Å²) in [6, 6.07) is 7.13. The highest BCUT2D eigenvalue weighted by atomic mass is 35.5. The number of pyridine rings is 1. The van der Waals surface area contributed by atoms with Gasteiger partial charge in [0.2, 0.25) is 0 Å². The second kappa shape index (κ2) is 7.52. The van der Waals surface area contributed by atoms with Crippen molar-refractivity contribution >= 4 is 45.2 Å². The Bertz CT molecular complexity index is 1610. The van der Waals surface area contributed by atoms with Crippen molar-refractivity contribution in [3.05, 3.63) is 52.7 Å². The van der Waals surface area contributed by atoms with Crippen LogP contribution in [0, 0.1) is 24.1 Å². The van der Waals surface area contributed by atoms with Gasteiger partial charge in [-0.2, -0.15) is 0 Å². The molecule has 7 rings (SSSR count). The predicted octanol–water partition coefficient (Wildman–Crippen LogP) is 4.96. The third-order valence-corrected chi connectivity index (χ3v) is 8.88. The molecule has 8 nitrogen and oxygen atoms in total. The van der Waals surface area contributed by atoms with Gasteiger partial charge in [-0.15, -0.1) is 0 Å². The number of anilines is 2. The molecular formula is C27H28ClFN6O2. The molecule has 0 unspecified atom stereocenters. The van der Waals surface area contributed by atoms with Gasteiger partial charge < -0.3 is 25.5 Å². The summed E-state index contributed by atoms with van der Waals surface area (Å²) in [6.45, 7) is 6.00. The number of rotatable bonds is 4. The molecule has 2 saturated carbocycles. The normalized spacial score (nSPS) is 29.6. The SMILES string of the molecule is Cc1cc2c(N)ncnc2n1[C@H]1[C@@H]2OC(C)(C)O[C@@H]2[C@]2(CCc3cc(F)c4cc(Cl)c(N)nc4c3)C[C@H]12. The lowest BCUT2D eigenvalue weighted by Gasteiger charge is -2.26. The quantitative estimate of drug-likeness (QED) is 0.389. The fourth-order valence-corrected chi connectivity index (χ4v) is 7.11. The molecule has 3 aromatic heterocycles. The van der Waals surface area contributed by atoms with Crippen LogP contribution in [0.3, 0.4) is 0 Å². The first-order chi connectivity index (χ1) is 17.6. The van der Waals surface area contributed by atoms with Gasteiger partial charge in [0.15, 0.2) is 5.79 Å². The molecule has 0 radical (unpaired) electrons. The maximum Gasteiger partial charge on any atom is 0.163 e. The highest BCUT2D eigenvalue weighted by Crippen LogP contribution is 2.73. The molecule has 0 spiro atoms. The Labute approximate surface area is 218 Å². The Morgan fingerprint density at radius 3 is 2.73 bits per heavy atom. The van der Waals surface area contributed by atoms with Crippen LogP contribution in [0.1, 0.15) is 44.0 Å². The number of hydrogen-bond donors (Lipinski definition) is 2. The molecule has 2 aliphatic carbocycles. The molecule has 4 N–H and O–H groups in total. The Balaban J connectivity index is 1.24. The molecule has 0 amide bonds. The molecule has 1 saturated heterocycles. The first-order valence-corrected chi connectivity index (χ1v) is 12.9. The average molecular weight is 523 g/mol. The summed E-state index contributed by atoms with van der Waals surface area (Å²) in [5.41, 5.74) is 15.3. The van der Waals surface area contributed by atoms with Gasteiger partial charge in [-0.25, -0.2) is 19.3 Å². The van der Waals surface area contributed by atoms with E-state index in [1.54, 1.807) is 6.07 Å². The minimum absolute atomic E-state index is 0.0635. The largest absolute Gasteiger partial charge is 0.383 e. The zero-order chi connectivity index (χ0) is 25.9. The van der Waals surface area contributed by atoms with Gasteiger partial charge in [-0.1, -0.05) is 11.6 Å². The number of ether oxygens (including phenoxy) is 2. The Kier molecular flexibility index (Phi) is 4.70. The van der Waals surface area contributed by atoms with Crippen LogP contribution in [0.4, 0.5) is 16.0 Å². The molecule has 3 aliphatic rings. The zero-order valence-electron chi connectivity index (χ0n) is 20.8. The monoisotopic (exact) mass is 522 g/mol. The molecule has 3 fully saturated rings. The lowest BCUT2D eigenvalue weighted by molar-refractivity contribution is -0.161. The minimum Gasteiger partial charge on any atom is -0.383 e. The van der Waals surface area contributed by atoms with E-state index in [0.717, 1.165) is 35.1 Å². The standard InChI is InChI=1S/C27H28ClFN6O2/c1-12-6-15-23(30)32-11-33-25(15)35(12)20-16-10-27(16,22-21(20)36-26(2,3)37-22)5-4-13-7-18(29)14-9-17(28)24(31)34-19(14)8-13/h6-9,11,16,20-22H,4-5,10H2,1-3H3,(H2,31,34)(H2,30,32,33)/t16-,20-,21+,22+,27-/m1/s1. The van der Waals surface area contributed by atoms with E-state index >= 15 is 0 Å². The Morgan fingerprint density at radius 2 is 1.92 bits per heavy atom. The van der Waals surface area contributed by atoms with Crippen molar-refractivity contribution in [2.45, 2.75) is 64.1 Å². The van der Waals surface area contributed by atoms with Crippen LogP contribution in [0.15, 0.2) is 30.6 Å². The number of hydrogen-bond acceptors (Lipinski definition) is 7. The van der Waals surface area contributed by atoms with Gasteiger partial charge in [-0.05, 0) is 75.8 Å². The van der Waals surface area contributed by atoms with Crippen LogP contribution in [-0.2, 0) is 15.9 Å². The topological polar surface area (TPSA) is 114 Å². The number of fused-ring (bicyclic) bond motifs is 5. The molecular weight excluding hydrogens is 495 g/mol. The van der Waals surface area contributed by atoms with E-state index in [4.69, 9.17) is 32.5 Å². The van der Waals surface area contributed by atoms with Crippen LogP contribution in [-0.4, -0.2) is 37.5 Å². The Hall–Kier alpha value is -3.01. The lowest BCUT2D eigenvalue weighted by atomic mass is 9.91. The third-order valence-electron chi connectivity index (χ3n) is 8.58. The highest BCUT2D eigenvalue weighted by Gasteiger charge is 2.75. The minimum atomic E-state index is -0.686. The van der Waals surface area contributed by atoms with Gasteiger partial charge in [0.1, 0.15) is 35.5 Å². The summed E-state index contributed by atoms with van der Waals surface area (Å²) in [6.07, 6.45) is 3.88. The van der Waals surface area contributed by atoms with Crippen molar-refractivity contribution in [1.29, 1.82) is 0 Å². The van der Waals surface area contributed by atoms with Crippen molar-refractivity contribution in [1.82, 2.24) is 19.5 Å². The zero-order valence-corrected chi connectivity index (χ0v) is 21.6. The number of nitrogens with zero attached hydrogens (tertiary/aromatic N) is 4. The molecule has 0 bridgehead atoms. The molecule has 4 aromatic rings. The van der Waals surface area contributed by atoms with Crippen LogP contribution in [0.5, 0.6) is 0 Å². The van der Waals surface area contributed by atoms with Crippen LogP contribution >= 0.6 is 11.6 Å². The van der Waals surface area contributed by atoms with Crippen molar-refractivity contribution < 1.29 is 13.9 Å². The molecule has 10 heteroatoms. The molecule has 4 heterocycles. The van der Waals surface area contributed by atoms with E-state index in [2.05, 4.69) is 26.4 Å². The number of benzene rings is 1. The molecule has 5 atom stereocenters. The average Bonchev–Trinajstić information content (AvgIpc) is 3.20. The fraction of sp³-hybridized carbons (Fsp3) is 0.444. The number of halogens is 2. The number of aromatic nitrogens is 4. The second-order valence-electron chi connectivity index (χ2n) is 11.2. The van der Waals surface area contributed by atoms with Crippen LogP contribution in [0.25, 0.3) is 21.9 Å². The maximum atomic E-state index is 14.9. The summed E-state index contributed by atoms with van der Waals surface area (Å²) in [7, 11) is 0. The van der Waals surface area contributed by atoms with Gasteiger partial charge >= 0.3 is 0 Å². The maximum absolute atomic E-state index is 14.9. The van der Waals surface area contributed by atoms with Gasteiger partial charge in [0, 0.05) is 16.5 Å². The van der Waals surface area contributed by atoms with E-state index in [9.17, 15) is 4.39 Å². The molecule has 192 valence electrons. The summed E-state index contributed by atoms with van der Waals surface area (Å²) in [4.78, 5) is 13.1. The number of nitrogen functional groups attached to an aromatic ring is 2. The van der Waals surface area contributed by atoms with Crippen LogP contribution < -0.4 is 11.5 Å². The van der Waals surface area contributed by atoms with Crippen molar-refractivity contribution in [3.8, 4) is 0 Å². The van der Waals surface area contributed by atoms with E-state index in [1.807, 2.05) is 26.0 Å². The van der Waals surface area contributed by atoms with Crippen molar-refractivity contribution in [2.24, 2.45) is 11.3 Å². The fourth-order valence-electron chi connectivity index (χ4n) is 6.96. The van der Waals surface area contributed by atoms with Crippen molar-refractivity contribution in [3.63, 3.8) is 0 Å².